The van der Waals surface area contributed by atoms with E-state index in [9.17, 15) is 19.5 Å². The van der Waals surface area contributed by atoms with E-state index in [1.165, 1.54) is 19.2 Å². The van der Waals surface area contributed by atoms with E-state index in [-0.39, 0.29) is 15.6 Å². The normalized spacial score (nSPS) is 15.0. The molecule has 1 fully saturated rings. The summed E-state index contributed by atoms with van der Waals surface area (Å²) in [6.07, 6.45) is 1.60. The largest absolute Gasteiger partial charge is 0.507 e. The van der Waals surface area contributed by atoms with Crippen LogP contribution in [0, 0.1) is 0 Å². The Morgan fingerprint density at radius 2 is 1.86 bits per heavy atom. The number of nitrogens with one attached hydrogen (secondary N) is 1. The quantitative estimate of drug-likeness (QED) is 0.451. The Morgan fingerprint density at radius 1 is 1.18 bits per heavy atom. The number of aromatic hydroxyl groups is 1. The molecule has 2 aromatic carbocycles. The lowest BCUT2D eigenvalue weighted by Gasteiger charge is -2.16. The zero-order valence-electron chi connectivity index (χ0n) is 14.5. The Labute approximate surface area is 170 Å². The highest BCUT2D eigenvalue weighted by Crippen LogP contribution is 2.31. The first-order chi connectivity index (χ1) is 13.4. The first kappa shape index (κ1) is 19.6. The van der Waals surface area contributed by atoms with Crippen molar-refractivity contribution < 1.29 is 24.2 Å². The third kappa shape index (κ3) is 4.05. The average Bonchev–Trinajstić information content (AvgIpc) is 2.95. The lowest BCUT2D eigenvalue weighted by Crippen LogP contribution is -2.44. The van der Waals surface area contributed by atoms with E-state index < -0.39 is 17.8 Å². The van der Waals surface area contributed by atoms with E-state index >= 15 is 0 Å². The number of carbonyl (C=O) groups is 3. The number of benzene rings is 2. The molecule has 1 saturated heterocycles. The summed E-state index contributed by atoms with van der Waals surface area (Å²) in [5.74, 6) is -1.80. The summed E-state index contributed by atoms with van der Waals surface area (Å²) in [5.41, 5.74) is 3.50. The van der Waals surface area contributed by atoms with Crippen LogP contribution in [0.3, 0.4) is 0 Å². The molecule has 0 unspecified atom stereocenters. The summed E-state index contributed by atoms with van der Waals surface area (Å²) >= 11 is 6.20. The molecule has 3 rings (SSSR count). The SMILES string of the molecule is COC(=O)c1ccc(C=C2SC(=S)N(NC(=O)c3ccccc3O)C2=O)cc1. The Kier molecular flexibility index (Phi) is 5.76. The number of phenols is 1. The summed E-state index contributed by atoms with van der Waals surface area (Å²) in [6, 6.07) is 12.5. The van der Waals surface area contributed by atoms with E-state index in [1.54, 1.807) is 42.5 Å². The molecule has 0 aliphatic carbocycles. The van der Waals surface area contributed by atoms with Gasteiger partial charge in [-0.2, -0.15) is 5.01 Å². The Balaban J connectivity index is 1.76. The number of ether oxygens (including phenoxy) is 1. The van der Waals surface area contributed by atoms with Crippen molar-refractivity contribution in [3.63, 3.8) is 0 Å². The van der Waals surface area contributed by atoms with Crippen molar-refractivity contribution in [3.8, 4) is 5.75 Å². The molecule has 142 valence electrons. The van der Waals surface area contributed by atoms with Crippen LogP contribution in [-0.4, -0.2) is 39.3 Å². The van der Waals surface area contributed by atoms with Crippen LogP contribution in [0.15, 0.2) is 53.4 Å². The fraction of sp³-hybridized carbons (Fsp3) is 0.0526. The minimum absolute atomic E-state index is 0.0268. The number of methoxy groups -OCH3 is 1. The molecule has 1 heterocycles. The van der Waals surface area contributed by atoms with Crippen molar-refractivity contribution in [3.05, 3.63) is 70.1 Å². The van der Waals surface area contributed by atoms with Gasteiger partial charge in [-0.15, -0.1) is 0 Å². The first-order valence-corrected chi connectivity index (χ1v) is 9.18. The Hall–Kier alpha value is -3.17. The minimum atomic E-state index is -0.655. The van der Waals surface area contributed by atoms with Crippen molar-refractivity contribution in [2.75, 3.05) is 7.11 Å². The molecule has 28 heavy (non-hydrogen) atoms. The number of rotatable bonds is 4. The maximum Gasteiger partial charge on any atom is 0.337 e. The monoisotopic (exact) mass is 414 g/mol. The van der Waals surface area contributed by atoms with Crippen LogP contribution in [0.2, 0.25) is 0 Å². The minimum Gasteiger partial charge on any atom is -0.507 e. The van der Waals surface area contributed by atoms with E-state index in [0.29, 0.717) is 16.0 Å². The van der Waals surface area contributed by atoms with Crippen LogP contribution in [0.5, 0.6) is 5.75 Å². The molecule has 1 aliphatic heterocycles. The fourth-order valence-corrected chi connectivity index (χ4v) is 3.56. The van der Waals surface area contributed by atoms with E-state index in [0.717, 1.165) is 16.8 Å². The number of thiocarbonyl (C=S) groups is 1. The average molecular weight is 414 g/mol. The van der Waals surface area contributed by atoms with Crippen molar-refractivity contribution in [2.45, 2.75) is 0 Å². The lowest BCUT2D eigenvalue weighted by atomic mass is 10.1. The van der Waals surface area contributed by atoms with Crippen LogP contribution >= 0.6 is 24.0 Å². The highest BCUT2D eigenvalue weighted by atomic mass is 32.2. The standard InChI is InChI=1S/C19H14N2O5S2/c1-26-18(25)12-8-6-11(7-9-12)10-15-17(24)21(19(27)28-15)20-16(23)13-4-2-3-5-14(13)22/h2-10,22H,1H3,(H,20,23). The van der Waals surface area contributed by atoms with Gasteiger partial charge in [-0.1, -0.05) is 36.0 Å². The molecule has 9 heteroatoms. The smallest absolute Gasteiger partial charge is 0.337 e. The summed E-state index contributed by atoms with van der Waals surface area (Å²) in [7, 11) is 1.30. The first-order valence-electron chi connectivity index (χ1n) is 7.96. The summed E-state index contributed by atoms with van der Waals surface area (Å²) in [5, 5.41) is 10.7. The van der Waals surface area contributed by atoms with E-state index in [4.69, 9.17) is 12.2 Å². The lowest BCUT2D eigenvalue weighted by molar-refractivity contribution is -0.123. The highest BCUT2D eigenvalue weighted by Gasteiger charge is 2.34. The molecule has 7 nitrogen and oxygen atoms in total. The van der Waals surface area contributed by atoms with Gasteiger partial charge >= 0.3 is 5.97 Å². The topological polar surface area (TPSA) is 95.9 Å². The van der Waals surface area contributed by atoms with Gasteiger partial charge < -0.3 is 9.84 Å². The number of hydrazine groups is 1. The highest BCUT2D eigenvalue weighted by molar-refractivity contribution is 8.26. The molecular weight excluding hydrogens is 400 g/mol. The molecule has 1 aliphatic rings. The van der Waals surface area contributed by atoms with Gasteiger partial charge in [0.2, 0.25) is 0 Å². The molecule has 2 amide bonds. The number of thioether (sulfide) groups is 1. The van der Waals surface area contributed by atoms with Crippen molar-refractivity contribution in [2.24, 2.45) is 0 Å². The summed E-state index contributed by atoms with van der Waals surface area (Å²) in [6.45, 7) is 0. The molecule has 0 saturated carbocycles. The number of esters is 1. The van der Waals surface area contributed by atoms with Crippen molar-refractivity contribution in [1.29, 1.82) is 0 Å². The molecule has 2 N–H and O–H groups in total. The zero-order chi connectivity index (χ0) is 20.3. The second kappa shape index (κ2) is 8.24. The second-order valence-electron chi connectivity index (χ2n) is 5.59. The third-order valence-electron chi connectivity index (χ3n) is 3.79. The number of amides is 2. The molecular formula is C19H14N2O5S2. The van der Waals surface area contributed by atoms with Gasteiger partial charge in [-0.05, 0) is 48.1 Å². The molecule has 0 atom stereocenters. The molecule has 0 spiro atoms. The van der Waals surface area contributed by atoms with Crippen LogP contribution in [0.1, 0.15) is 26.3 Å². The summed E-state index contributed by atoms with van der Waals surface area (Å²) in [4.78, 5) is 36.7. The van der Waals surface area contributed by atoms with Crippen LogP contribution in [0.25, 0.3) is 6.08 Å². The predicted molar refractivity (Wildman–Crippen MR) is 108 cm³/mol. The maximum atomic E-state index is 12.6. The number of para-hydroxylation sites is 1. The Bertz CT molecular complexity index is 1000. The van der Waals surface area contributed by atoms with Crippen molar-refractivity contribution in [1.82, 2.24) is 10.4 Å². The predicted octanol–water partition coefficient (Wildman–Crippen LogP) is 2.73. The van der Waals surface area contributed by atoms with Crippen molar-refractivity contribution >= 4 is 52.2 Å². The summed E-state index contributed by atoms with van der Waals surface area (Å²) < 4.78 is 4.80. The van der Waals surface area contributed by atoms with Crippen LogP contribution in [0.4, 0.5) is 0 Å². The number of carbonyl (C=O) groups excluding carboxylic acids is 3. The fourth-order valence-electron chi connectivity index (χ4n) is 2.38. The van der Waals surface area contributed by atoms with Gasteiger partial charge in [0.1, 0.15) is 5.75 Å². The van der Waals surface area contributed by atoms with Gasteiger partial charge in [0.25, 0.3) is 11.8 Å². The van der Waals surface area contributed by atoms with Crippen LogP contribution < -0.4 is 5.43 Å². The van der Waals surface area contributed by atoms with Gasteiger partial charge in [-0.25, -0.2) is 4.79 Å². The number of hydrogen-bond acceptors (Lipinski definition) is 7. The van der Waals surface area contributed by atoms with Gasteiger partial charge in [0.05, 0.1) is 23.1 Å². The molecule has 2 aromatic rings. The Morgan fingerprint density at radius 3 is 2.50 bits per heavy atom. The third-order valence-corrected chi connectivity index (χ3v) is 5.09. The van der Waals surface area contributed by atoms with Gasteiger partial charge in [0.15, 0.2) is 4.32 Å². The molecule has 0 bridgehead atoms. The molecule has 0 aromatic heterocycles. The molecule has 0 radical (unpaired) electrons. The van der Waals surface area contributed by atoms with E-state index in [1.807, 2.05) is 0 Å². The second-order valence-corrected chi connectivity index (χ2v) is 7.26. The van der Waals surface area contributed by atoms with Gasteiger partial charge in [-0.3, -0.25) is 15.0 Å². The number of hydrogen-bond donors (Lipinski definition) is 2. The zero-order valence-corrected chi connectivity index (χ0v) is 16.2. The maximum absolute atomic E-state index is 12.6. The van der Waals surface area contributed by atoms with E-state index in [2.05, 4.69) is 10.2 Å². The van der Waals surface area contributed by atoms with Gasteiger partial charge in [0, 0.05) is 0 Å². The number of nitrogens with zero attached hydrogens (tertiary/aromatic N) is 1. The number of phenolic OH excluding ortho intramolecular Hbond substituents is 1. The van der Waals surface area contributed by atoms with Crippen LogP contribution in [-0.2, 0) is 9.53 Å².